The summed E-state index contributed by atoms with van der Waals surface area (Å²) in [5.41, 5.74) is -0.931. The predicted octanol–water partition coefficient (Wildman–Crippen LogP) is 3.07. The van der Waals surface area contributed by atoms with Crippen molar-refractivity contribution in [2.24, 2.45) is 0 Å². The van der Waals surface area contributed by atoms with Gasteiger partial charge >= 0.3 is 0 Å². The molecular formula is C12H14F2O. The maximum atomic E-state index is 13.9. The van der Waals surface area contributed by atoms with Crippen LogP contribution in [-0.2, 0) is 5.60 Å². The van der Waals surface area contributed by atoms with Gasteiger partial charge in [0.25, 0.3) is 0 Å². The van der Waals surface area contributed by atoms with Crippen molar-refractivity contribution < 1.29 is 13.9 Å². The summed E-state index contributed by atoms with van der Waals surface area (Å²) in [4.78, 5) is 0. The van der Waals surface area contributed by atoms with Crippen molar-refractivity contribution >= 4 is 0 Å². The minimum absolute atomic E-state index is 0.00769. The smallest absolute Gasteiger partial charge is 0.135 e. The Morgan fingerprint density at radius 3 is 2.33 bits per heavy atom. The van der Waals surface area contributed by atoms with Crippen LogP contribution >= 0.6 is 0 Å². The summed E-state index contributed by atoms with van der Waals surface area (Å²) in [7, 11) is 0. The van der Waals surface area contributed by atoms with Gasteiger partial charge in [-0.05, 0) is 30.4 Å². The molecule has 82 valence electrons. The van der Waals surface area contributed by atoms with E-state index in [0.29, 0.717) is 18.4 Å². The lowest BCUT2D eigenvalue weighted by Gasteiger charge is -2.15. The Morgan fingerprint density at radius 1 is 1.27 bits per heavy atom. The van der Waals surface area contributed by atoms with E-state index in [1.165, 1.54) is 12.1 Å². The molecule has 0 spiro atoms. The highest BCUT2D eigenvalue weighted by molar-refractivity contribution is 5.36. The molecule has 1 aromatic carbocycles. The molecule has 0 atom stereocenters. The third-order valence-corrected chi connectivity index (χ3v) is 2.93. The Morgan fingerprint density at radius 2 is 1.87 bits per heavy atom. The molecule has 0 radical (unpaired) electrons. The number of hydrogen-bond acceptors (Lipinski definition) is 1. The van der Waals surface area contributed by atoms with Crippen molar-refractivity contribution in [1.82, 2.24) is 0 Å². The fourth-order valence-electron chi connectivity index (χ4n) is 1.81. The molecule has 0 heterocycles. The summed E-state index contributed by atoms with van der Waals surface area (Å²) in [6.45, 7) is 3.69. The van der Waals surface area contributed by atoms with Gasteiger partial charge in [-0.1, -0.05) is 19.9 Å². The summed E-state index contributed by atoms with van der Waals surface area (Å²) in [5.74, 6) is -1.23. The summed E-state index contributed by atoms with van der Waals surface area (Å²) < 4.78 is 27.3. The second kappa shape index (κ2) is 3.27. The number of aliphatic hydroxyl groups is 1. The molecule has 15 heavy (non-hydrogen) atoms. The molecule has 1 N–H and O–H groups in total. The summed E-state index contributed by atoms with van der Waals surface area (Å²) in [6.07, 6.45) is 0.894. The maximum Gasteiger partial charge on any atom is 0.135 e. The van der Waals surface area contributed by atoms with E-state index in [4.69, 9.17) is 0 Å². The summed E-state index contributed by atoms with van der Waals surface area (Å²) in [6, 6.07) is 2.69. The van der Waals surface area contributed by atoms with Gasteiger partial charge < -0.3 is 5.11 Å². The van der Waals surface area contributed by atoms with Gasteiger partial charge in [0.2, 0.25) is 0 Å². The monoisotopic (exact) mass is 212 g/mol. The van der Waals surface area contributed by atoms with Crippen molar-refractivity contribution in [1.29, 1.82) is 0 Å². The zero-order chi connectivity index (χ0) is 11.2. The van der Waals surface area contributed by atoms with E-state index in [0.717, 1.165) is 0 Å². The van der Waals surface area contributed by atoms with Gasteiger partial charge in [-0.25, -0.2) is 8.78 Å². The van der Waals surface area contributed by atoms with Crippen molar-refractivity contribution in [2.45, 2.75) is 38.2 Å². The molecule has 1 aromatic rings. The predicted molar refractivity (Wildman–Crippen MR) is 53.6 cm³/mol. The fourth-order valence-corrected chi connectivity index (χ4v) is 1.81. The quantitative estimate of drug-likeness (QED) is 0.798. The molecule has 0 aromatic heterocycles. The van der Waals surface area contributed by atoms with Crippen LogP contribution in [0.25, 0.3) is 0 Å². The number of halogens is 2. The third-order valence-electron chi connectivity index (χ3n) is 2.93. The molecular weight excluding hydrogens is 198 g/mol. The molecule has 0 saturated heterocycles. The second-order valence-corrected chi connectivity index (χ2v) is 4.51. The van der Waals surface area contributed by atoms with Crippen LogP contribution < -0.4 is 0 Å². The van der Waals surface area contributed by atoms with E-state index in [1.54, 1.807) is 0 Å². The van der Waals surface area contributed by atoms with Gasteiger partial charge in [0, 0.05) is 0 Å². The highest BCUT2D eigenvalue weighted by Crippen LogP contribution is 2.48. The van der Waals surface area contributed by atoms with Crippen LogP contribution in [0.5, 0.6) is 0 Å². The van der Waals surface area contributed by atoms with E-state index in [1.807, 2.05) is 13.8 Å². The number of rotatable bonds is 2. The van der Waals surface area contributed by atoms with Crippen LogP contribution in [-0.4, -0.2) is 5.11 Å². The Balaban J connectivity index is 2.57. The highest BCUT2D eigenvalue weighted by atomic mass is 19.1. The summed E-state index contributed by atoms with van der Waals surface area (Å²) >= 11 is 0. The maximum absolute atomic E-state index is 13.9. The zero-order valence-corrected chi connectivity index (χ0v) is 8.85. The normalized spacial score (nSPS) is 18.3. The number of hydrogen-bond donors (Lipinski definition) is 1. The van der Waals surface area contributed by atoms with Crippen molar-refractivity contribution in [3.05, 3.63) is 34.9 Å². The lowest BCUT2D eigenvalue weighted by Crippen LogP contribution is -2.13. The lowest BCUT2D eigenvalue weighted by molar-refractivity contribution is 0.141. The molecule has 0 unspecified atom stereocenters. The van der Waals surface area contributed by atoms with E-state index < -0.39 is 17.2 Å². The average Bonchev–Trinajstić information content (AvgIpc) is 2.83. The van der Waals surface area contributed by atoms with Crippen LogP contribution in [0.3, 0.4) is 0 Å². The molecule has 0 aliphatic heterocycles. The van der Waals surface area contributed by atoms with E-state index >= 15 is 0 Å². The van der Waals surface area contributed by atoms with Gasteiger partial charge in [0.05, 0.1) is 11.2 Å². The standard InChI is InChI=1S/C12H14F2O/c1-7(2)8-3-4-9(13)10(11(8)14)12(15)5-6-12/h3-4,7,15H,5-6H2,1-2H3. The molecule has 1 fully saturated rings. The first-order chi connectivity index (χ1) is 6.96. The van der Waals surface area contributed by atoms with Gasteiger partial charge in [-0.3, -0.25) is 0 Å². The fraction of sp³-hybridized carbons (Fsp3) is 0.500. The van der Waals surface area contributed by atoms with Crippen LogP contribution in [0.2, 0.25) is 0 Å². The first kappa shape index (κ1) is 10.6. The highest BCUT2D eigenvalue weighted by Gasteiger charge is 2.46. The minimum atomic E-state index is -1.25. The van der Waals surface area contributed by atoms with E-state index in [2.05, 4.69) is 0 Å². The molecule has 2 rings (SSSR count). The van der Waals surface area contributed by atoms with Crippen LogP contribution in [0.4, 0.5) is 8.78 Å². The van der Waals surface area contributed by atoms with Gasteiger partial charge in [-0.2, -0.15) is 0 Å². The third kappa shape index (κ3) is 1.65. The molecule has 1 saturated carbocycles. The Hall–Kier alpha value is -0.960. The van der Waals surface area contributed by atoms with Crippen LogP contribution in [0, 0.1) is 11.6 Å². The van der Waals surface area contributed by atoms with E-state index in [9.17, 15) is 13.9 Å². The molecule has 1 aliphatic carbocycles. The van der Waals surface area contributed by atoms with Crippen molar-refractivity contribution in [3.8, 4) is 0 Å². The molecule has 0 bridgehead atoms. The number of benzene rings is 1. The molecule has 0 amide bonds. The molecule has 1 nitrogen and oxygen atoms in total. The Bertz CT molecular complexity index is 395. The first-order valence-corrected chi connectivity index (χ1v) is 5.16. The van der Waals surface area contributed by atoms with E-state index in [-0.39, 0.29) is 11.5 Å². The van der Waals surface area contributed by atoms with Crippen LogP contribution in [0.1, 0.15) is 43.7 Å². The minimum Gasteiger partial charge on any atom is -0.385 e. The topological polar surface area (TPSA) is 20.2 Å². The molecule has 1 aliphatic rings. The Kier molecular flexibility index (Phi) is 2.30. The van der Waals surface area contributed by atoms with Gasteiger partial charge in [0.1, 0.15) is 11.6 Å². The van der Waals surface area contributed by atoms with Gasteiger partial charge in [0.15, 0.2) is 0 Å². The van der Waals surface area contributed by atoms with Gasteiger partial charge in [-0.15, -0.1) is 0 Å². The van der Waals surface area contributed by atoms with Crippen molar-refractivity contribution in [3.63, 3.8) is 0 Å². The first-order valence-electron chi connectivity index (χ1n) is 5.16. The average molecular weight is 212 g/mol. The molecule has 3 heteroatoms. The SMILES string of the molecule is CC(C)c1ccc(F)c(C2(O)CC2)c1F. The largest absolute Gasteiger partial charge is 0.385 e. The van der Waals surface area contributed by atoms with Crippen LogP contribution in [0.15, 0.2) is 12.1 Å². The summed E-state index contributed by atoms with van der Waals surface area (Å²) in [5, 5.41) is 9.79. The Labute approximate surface area is 87.7 Å². The zero-order valence-electron chi connectivity index (χ0n) is 8.85. The second-order valence-electron chi connectivity index (χ2n) is 4.51. The lowest BCUT2D eigenvalue weighted by atomic mass is 9.96. The van der Waals surface area contributed by atoms with Crippen molar-refractivity contribution in [2.75, 3.05) is 0 Å².